The van der Waals surface area contributed by atoms with E-state index in [1.54, 1.807) is 6.92 Å². The maximum absolute atomic E-state index is 13.0. The molecule has 0 radical (unpaired) electrons. The van der Waals surface area contributed by atoms with Crippen molar-refractivity contribution in [1.82, 2.24) is 10.7 Å². The van der Waals surface area contributed by atoms with E-state index in [0.29, 0.717) is 17.8 Å². The molecule has 0 aliphatic heterocycles. The summed E-state index contributed by atoms with van der Waals surface area (Å²) in [7, 11) is 0. The molecule has 0 heterocycles. The molecule has 162 valence electrons. The van der Waals surface area contributed by atoms with Crippen LogP contribution in [-0.2, 0) is 15.8 Å². The summed E-state index contributed by atoms with van der Waals surface area (Å²) >= 11 is 0. The van der Waals surface area contributed by atoms with Crippen molar-refractivity contribution in [1.29, 1.82) is 0 Å². The van der Waals surface area contributed by atoms with Crippen LogP contribution in [0.1, 0.15) is 56.6 Å². The zero-order valence-electron chi connectivity index (χ0n) is 16.8. The Hall–Kier alpha value is -2.38. The van der Waals surface area contributed by atoms with Crippen LogP contribution in [0.25, 0.3) is 0 Å². The van der Waals surface area contributed by atoms with Crippen LogP contribution in [0.2, 0.25) is 0 Å². The van der Waals surface area contributed by atoms with Crippen LogP contribution in [0.3, 0.4) is 0 Å². The monoisotopic (exact) mass is 421 g/mol. The number of rotatable bonds is 5. The molecule has 0 spiro atoms. The van der Waals surface area contributed by atoms with Crippen molar-refractivity contribution in [2.45, 2.75) is 57.7 Å². The Labute approximate surface area is 173 Å². The first-order chi connectivity index (χ1) is 14.2. The van der Waals surface area contributed by atoms with E-state index in [9.17, 15) is 22.8 Å². The Kier molecular flexibility index (Phi) is 5.36. The van der Waals surface area contributed by atoms with Crippen molar-refractivity contribution < 1.29 is 22.8 Å². The highest BCUT2D eigenvalue weighted by molar-refractivity contribution is 5.91. The van der Waals surface area contributed by atoms with Gasteiger partial charge in [-0.15, -0.1) is 0 Å². The number of nitrogens with zero attached hydrogens (tertiary/aromatic N) is 1. The zero-order valence-corrected chi connectivity index (χ0v) is 16.8. The van der Waals surface area contributed by atoms with Gasteiger partial charge >= 0.3 is 6.18 Å². The Morgan fingerprint density at radius 2 is 1.67 bits per heavy atom. The lowest BCUT2D eigenvalue weighted by molar-refractivity contribution is -0.148. The van der Waals surface area contributed by atoms with Gasteiger partial charge in [0.2, 0.25) is 5.91 Å². The smallest absolute Gasteiger partial charge is 0.344 e. The van der Waals surface area contributed by atoms with Crippen molar-refractivity contribution in [3.63, 3.8) is 0 Å². The number of alkyl halides is 3. The van der Waals surface area contributed by atoms with Crippen LogP contribution in [0, 0.1) is 23.2 Å². The van der Waals surface area contributed by atoms with Crippen molar-refractivity contribution in [2.75, 3.05) is 0 Å². The highest BCUT2D eigenvalue weighted by atomic mass is 19.4. The van der Waals surface area contributed by atoms with E-state index in [0.717, 1.165) is 31.5 Å². The quantitative estimate of drug-likeness (QED) is 0.560. The third-order valence-corrected chi connectivity index (χ3v) is 6.91. The zero-order chi connectivity index (χ0) is 21.5. The number of hydrogen-bond acceptors (Lipinski definition) is 3. The number of hydrogen-bond donors (Lipinski definition) is 2. The van der Waals surface area contributed by atoms with Gasteiger partial charge in [-0.2, -0.15) is 18.3 Å². The Bertz CT molecular complexity index is 830. The van der Waals surface area contributed by atoms with Gasteiger partial charge in [0.25, 0.3) is 5.91 Å². The largest absolute Gasteiger partial charge is 0.417 e. The second-order valence-electron chi connectivity index (χ2n) is 9.21. The number of hydrazone groups is 1. The average molecular weight is 421 g/mol. The molecule has 2 amide bonds. The van der Waals surface area contributed by atoms with Gasteiger partial charge in [0.1, 0.15) is 6.04 Å². The first-order valence-corrected chi connectivity index (χ1v) is 10.5. The normalized spacial score (nSPS) is 31.0. The van der Waals surface area contributed by atoms with Crippen LogP contribution in [0.15, 0.2) is 29.4 Å². The molecule has 5 rings (SSSR count). The second kappa shape index (κ2) is 7.71. The Morgan fingerprint density at radius 1 is 1.10 bits per heavy atom. The standard InChI is InChI=1S/C22H26F3N3O2/c1-13(19(29)28-26-12-17-4-2-3-5-18(17)22(23,24)25)27-20(30)21-9-14-6-15(10-21)8-16(7-14)11-21/h2-5,12-16H,6-11H2,1H3,(H,27,30)(H,28,29)/b26-12-/t13-,14?,15?,16?,21?/m0/s1. The molecule has 4 saturated carbocycles. The molecule has 1 aromatic rings. The van der Waals surface area contributed by atoms with E-state index in [4.69, 9.17) is 0 Å². The summed E-state index contributed by atoms with van der Waals surface area (Å²) in [6.07, 6.45) is 2.80. The van der Waals surface area contributed by atoms with Gasteiger partial charge in [-0.05, 0) is 69.3 Å². The minimum absolute atomic E-state index is 0.0735. The lowest BCUT2D eigenvalue weighted by Gasteiger charge is -2.55. The number of amides is 2. The van der Waals surface area contributed by atoms with Crippen LogP contribution in [-0.4, -0.2) is 24.1 Å². The van der Waals surface area contributed by atoms with E-state index >= 15 is 0 Å². The van der Waals surface area contributed by atoms with E-state index in [-0.39, 0.29) is 16.9 Å². The predicted molar refractivity (Wildman–Crippen MR) is 105 cm³/mol. The van der Waals surface area contributed by atoms with Gasteiger partial charge < -0.3 is 5.32 Å². The van der Waals surface area contributed by atoms with Gasteiger partial charge in [0, 0.05) is 11.0 Å². The molecular weight excluding hydrogens is 395 g/mol. The summed E-state index contributed by atoms with van der Waals surface area (Å²) in [5.41, 5.74) is 0.904. The number of carbonyl (C=O) groups is 2. The average Bonchev–Trinajstić information content (AvgIpc) is 2.66. The fraction of sp³-hybridized carbons (Fsp3) is 0.591. The minimum Gasteiger partial charge on any atom is -0.344 e. The second-order valence-corrected chi connectivity index (χ2v) is 9.21. The van der Waals surface area contributed by atoms with Gasteiger partial charge in [0.15, 0.2) is 0 Å². The van der Waals surface area contributed by atoms with Crippen LogP contribution >= 0.6 is 0 Å². The molecule has 0 saturated heterocycles. The SMILES string of the molecule is C[C@H](NC(=O)C12CC3CC(CC(C3)C1)C2)C(=O)N/N=C\c1ccccc1C(F)(F)F. The summed E-state index contributed by atoms with van der Waals surface area (Å²) in [6.45, 7) is 1.56. The third-order valence-electron chi connectivity index (χ3n) is 6.91. The topological polar surface area (TPSA) is 70.6 Å². The van der Waals surface area contributed by atoms with Gasteiger partial charge in [0.05, 0.1) is 11.8 Å². The summed E-state index contributed by atoms with van der Waals surface area (Å²) < 4.78 is 39.1. The summed E-state index contributed by atoms with van der Waals surface area (Å²) in [4.78, 5) is 25.3. The molecule has 0 aromatic heterocycles. The molecule has 4 fully saturated rings. The third kappa shape index (κ3) is 4.09. The fourth-order valence-electron chi connectivity index (χ4n) is 5.93. The molecule has 8 heteroatoms. The first-order valence-electron chi connectivity index (χ1n) is 10.5. The fourth-order valence-corrected chi connectivity index (χ4v) is 5.93. The summed E-state index contributed by atoms with van der Waals surface area (Å²) in [5, 5.41) is 6.48. The highest BCUT2D eigenvalue weighted by Gasteiger charge is 2.54. The maximum Gasteiger partial charge on any atom is 0.417 e. The van der Waals surface area contributed by atoms with Gasteiger partial charge in [-0.1, -0.05) is 18.2 Å². The van der Waals surface area contributed by atoms with Crippen molar-refractivity contribution in [2.24, 2.45) is 28.3 Å². The Morgan fingerprint density at radius 3 is 2.23 bits per heavy atom. The number of halogens is 3. The van der Waals surface area contributed by atoms with Crippen molar-refractivity contribution in [3.8, 4) is 0 Å². The van der Waals surface area contributed by atoms with E-state index < -0.39 is 23.7 Å². The summed E-state index contributed by atoms with van der Waals surface area (Å²) in [5.74, 6) is 1.21. The Balaban J connectivity index is 1.35. The van der Waals surface area contributed by atoms with Crippen molar-refractivity contribution in [3.05, 3.63) is 35.4 Å². The van der Waals surface area contributed by atoms with E-state index in [2.05, 4.69) is 15.8 Å². The molecule has 4 aliphatic rings. The lowest BCUT2D eigenvalue weighted by Crippen LogP contribution is -2.56. The molecule has 1 atom stereocenters. The van der Waals surface area contributed by atoms with Crippen LogP contribution < -0.4 is 10.7 Å². The van der Waals surface area contributed by atoms with Crippen LogP contribution in [0.4, 0.5) is 13.2 Å². The molecule has 1 aromatic carbocycles. The molecule has 30 heavy (non-hydrogen) atoms. The van der Waals surface area contributed by atoms with Crippen LogP contribution in [0.5, 0.6) is 0 Å². The lowest BCUT2D eigenvalue weighted by atomic mass is 9.49. The van der Waals surface area contributed by atoms with E-state index in [1.807, 2.05) is 0 Å². The van der Waals surface area contributed by atoms with E-state index in [1.165, 1.54) is 37.5 Å². The maximum atomic E-state index is 13.0. The van der Waals surface area contributed by atoms with Gasteiger partial charge in [-0.25, -0.2) is 5.43 Å². The highest BCUT2D eigenvalue weighted by Crippen LogP contribution is 2.60. The molecule has 4 bridgehead atoms. The predicted octanol–water partition coefficient (Wildman–Crippen LogP) is 3.88. The molecule has 5 nitrogen and oxygen atoms in total. The number of benzene rings is 1. The molecule has 2 N–H and O–H groups in total. The molecule has 0 unspecified atom stereocenters. The number of nitrogens with one attached hydrogen (secondary N) is 2. The molecule has 4 aliphatic carbocycles. The summed E-state index contributed by atoms with van der Waals surface area (Å²) in [6, 6.07) is 4.17. The molecular formula is C22H26F3N3O2. The first kappa shape index (κ1) is 20.9. The minimum atomic E-state index is -4.51. The number of carbonyl (C=O) groups excluding carboxylic acids is 2. The van der Waals surface area contributed by atoms with Gasteiger partial charge in [-0.3, -0.25) is 9.59 Å². The van der Waals surface area contributed by atoms with Crippen molar-refractivity contribution >= 4 is 18.0 Å².